The molecule has 2 rings (SSSR count). The molecule has 2 heterocycles. The summed E-state index contributed by atoms with van der Waals surface area (Å²) in [5.41, 5.74) is 5.00. The summed E-state index contributed by atoms with van der Waals surface area (Å²) in [6, 6.07) is 0. The van der Waals surface area contributed by atoms with E-state index in [-0.39, 0.29) is 11.8 Å². The second-order valence-corrected chi connectivity index (χ2v) is 5.83. The second-order valence-electron chi connectivity index (χ2n) is 5.83. The highest BCUT2D eigenvalue weighted by Gasteiger charge is 2.38. The molecule has 2 aliphatic heterocycles. The Balaban J connectivity index is 1.74. The molecule has 108 valence electrons. The molecule has 0 aromatic heterocycles. The summed E-state index contributed by atoms with van der Waals surface area (Å²) < 4.78 is 0. The van der Waals surface area contributed by atoms with Crippen molar-refractivity contribution in [1.82, 2.24) is 15.1 Å². The van der Waals surface area contributed by atoms with Crippen molar-refractivity contribution in [3.05, 3.63) is 0 Å². The largest absolute Gasteiger partial charge is 0.369 e. The van der Waals surface area contributed by atoms with Crippen LogP contribution >= 0.6 is 0 Å². The maximum Gasteiger partial charge on any atom is 0.224 e. The van der Waals surface area contributed by atoms with Crippen molar-refractivity contribution in [3.63, 3.8) is 0 Å². The Bertz CT molecular complexity index is 355. The molecule has 2 saturated heterocycles. The van der Waals surface area contributed by atoms with Crippen LogP contribution in [0.15, 0.2) is 0 Å². The highest BCUT2D eigenvalue weighted by atomic mass is 16.2. The molecule has 6 nitrogen and oxygen atoms in total. The Labute approximate surface area is 114 Å². The van der Waals surface area contributed by atoms with Crippen LogP contribution in [0.5, 0.6) is 0 Å². The lowest BCUT2D eigenvalue weighted by Crippen LogP contribution is -2.47. The third-order valence-electron chi connectivity index (χ3n) is 4.26. The number of nitrogens with zero attached hydrogens (tertiary/aromatic N) is 2. The number of nitrogens with one attached hydrogen (secondary N) is 1. The molecule has 6 heteroatoms. The molecule has 1 atom stereocenters. The quantitative estimate of drug-likeness (QED) is 0.686. The second kappa shape index (κ2) is 5.88. The molecule has 1 unspecified atom stereocenters. The first-order chi connectivity index (χ1) is 9.01. The molecule has 0 aliphatic carbocycles. The molecular formula is C13H24N4O2. The molecule has 2 fully saturated rings. The predicted molar refractivity (Wildman–Crippen MR) is 72.4 cm³/mol. The van der Waals surface area contributed by atoms with E-state index in [0.29, 0.717) is 13.0 Å². The number of primary amides is 1. The Morgan fingerprint density at radius 2 is 1.95 bits per heavy atom. The van der Waals surface area contributed by atoms with E-state index in [1.54, 1.807) is 0 Å². The smallest absolute Gasteiger partial charge is 0.224 e. The van der Waals surface area contributed by atoms with E-state index in [1.807, 2.05) is 11.8 Å². The number of amides is 2. The van der Waals surface area contributed by atoms with Gasteiger partial charge in [0.2, 0.25) is 11.8 Å². The van der Waals surface area contributed by atoms with E-state index in [1.165, 1.54) is 0 Å². The summed E-state index contributed by atoms with van der Waals surface area (Å²) in [7, 11) is 0. The Kier molecular flexibility index (Phi) is 4.42. The summed E-state index contributed by atoms with van der Waals surface area (Å²) in [5.74, 6) is -0.0161. The van der Waals surface area contributed by atoms with Crippen molar-refractivity contribution in [2.45, 2.75) is 19.8 Å². The van der Waals surface area contributed by atoms with Crippen LogP contribution in [0.3, 0.4) is 0 Å². The first-order valence-electron chi connectivity index (χ1n) is 7.02. The van der Waals surface area contributed by atoms with Gasteiger partial charge in [0.05, 0.1) is 5.41 Å². The maximum absolute atomic E-state index is 12.0. The lowest BCUT2D eigenvalue weighted by Gasteiger charge is -2.28. The zero-order valence-electron chi connectivity index (χ0n) is 11.7. The van der Waals surface area contributed by atoms with Crippen molar-refractivity contribution >= 4 is 11.8 Å². The van der Waals surface area contributed by atoms with Crippen molar-refractivity contribution in [2.24, 2.45) is 11.1 Å². The number of nitrogens with two attached hydrogens (primary N) is 1. The zero-order chi connectivity index (χ0) is 13.9. The van der Waals surface area contributed by atoms with Crippen LogP contribution in [-0.4, -0.2) is 67.4 Å². The molecule has 3 N–H and O–H groups in total. The first kappa shape index (κ1) is 14.3. The normalized spacial score (nSPS) is 28.6. The van der Waals surface area contributed by atoms with Gasteiger partial charge in [-0.1, -0.05) is 0 Å². The Morgan fingerprint density at radius 1 is 1.26 bits per heavy atom. The van der Waals surface area contributed by atoms with Gasteiger partial charge in [-0.3, -0.25) is 9.59 Å². The minimum atomic E-state index is -0.419. The lowest BCUT2D eigenvalue weighted by atomic mass is 9.89. The van der Waals surface area contributed by atoms with Gasteiger partial charge < -0.3 is 20.9 Å². The van der Waals surface area contributed by atoms with Crippen LogP contribution in [0.25, 0.3) is 0 Å². The fourth-order valence-corrected chi connectivity index (χ4v) is 2.77. The van der Waals surface area contributed by atoms with Crippen LogP contribution in [0.2, 0.25) is 0 Å². The fourth-order valence-electron chi connectivity index (χ4n) is 2.77. The van der Waals surface area contributed by atoms with Gasteiger partial charge in [0, 0.05) is 45.7 Å². The maximum atomic E-state index is 12.0. The molecule has 0 radical (unpaired) electrons. The number of carbonyl (C=O) groups excluding carboxylic acids is 2. The van der Waals surface area contributed by atoms with Gasteiger partial charge in [-0.2, -0.15) is 0 Å². The van der Waals surface area contributed by atoms with E-state index >= 15 is 0 Å². The van der Waals surface area contributed by atoms with Gasteiger partial charge >= 0.3 is 0 Å². The van der Waals surface area contributed by atoms with Crippen LogP contribution < -0.4 is 11.1 Å². The van der Waals surface area contributed by atoms with Gasteiger partial charge in [0.15, 0.2) is 0 Å². The van der Waals surface area contributed by atoms with Gasteiger partial charge in [0.25, 0.3) is 0 Å². The van der Waals surface area contributed by atoms with Crippen LogP contribution in [-0.2, 0) is 9.59 Å². The van der Waals surface area contributed by atoms with Gasteiger partial charge in [-0.05, 0) is 19.9 Å². The van der Waals surface area contributed by atoms with Crippen LogP contribution in [0.4, 0.5) is 0 Å². The summed E-state index contributed by atoms with van der Waals surface area (Å²) >= 11 is 0. The average Bonchev–Trinajstić information content (AvgIpc) is 2.80. The highest BCUT2D eigenvalue weighted by molar-refractivity contribution is 5.81. The van der Waals surface area contributed by atoms with E-state index < -0.39 is 5.41 Å². The van der Waals surface area contributed by atoms with Crippen molar-refractivity contribution in [1.29, 1.82) is 0 Å². The summed E-state index contributed by atoms with van der Waals surface area (Å²) in [5, 5.41) is 3.23. The Morgan fingerprint density at radius 3 is 2.53 bits per heavy atom. The first-order valence-corrected chi connectivity index (χ1v) is 7.02. The summed E-state index contributed by atoms with van der Waals surface area (Å²) in [4.78, 5) is 27.5. The van der Waals surface area contributed by atoms with Crippen molar-refractivity contribution in [3.8, 4) is 0 Å². The number of piperazine rings is 1. The molecule has 0 spiro atoms. The number of hydrogen-bond donors (Lipinski definition) is 2. The SMILES string of the molecule is CC1(C(N)=O)CCN(CCC(=O)N2CCNCC2)C1. The fraction of sp³-hybridized carbons (Fsp3) is 0.846. The number of rotatable bonds is 4. The topological polar surface area (TPSA) is 78.7 Å². The molecular weight excluding hydrogens is 244 g/mol. The minimum absolute atomic E-state index is 0.217. The molecule has 0 aromatic carbocycles. The van der Waals surface area contributed by atoms with Gasteiger partial charge in [-0.25, -0.2) is 0 Å². The van der Waals surface area contributed by atoms with Crippen molar-refractivity contribution < 1.29 is 9.59 Å². The zero-order valence-corrected chi connectivity index (χ0v) is 11.7. The monoisotopic (exact) mass is 268 g/mol. The molecule has 2 amide bonds. The number of hydrogen-bond acceptors (Lipinski definition) is 4. The molecule has 0 saturated carbocycles. The van der Waals surface area contributed by atoms with E-state index in [0.717, 1.165) is 45.7 Å². The minimum Gasteiger partial charge on any atom is -0.369 e. The average molecular weight is 268 g/mol. The molecule has 19 heavy (non-hydrogen) atoms. The van der Waals surface area contributed by atoms with Gasteiger partial charge in [-0.15, -0.1) is 0 Å². The molecule has 2 aliphatic rings. The number of carbonyl (C=O) groups is 2. The number of likely N-dealkylation sites (tertiary alicyclic amines) is 1. The van der Waals surface area contributed by atoms with E-state index in [2.05, 4.69) is 10.2 Å². The molecule has 0 aromatic rings. The van der Waals surface area contributed by atoms with Crippen LogP contribution in [0.1, 0.15) is 19.8 Å². The Hall–Kier alpha value is -1.14. The van der Waals surface area contributed by atoms with Crippen molar-refractivity contribution in [2.75, 3.05) is 45.8 Å². The van der Waals surface area contributed by atoms with Crippen LogP contribution in [0, 0.1) is 5.41 Å². The van der Waals surface area contributed by atoms with E-state index in [9.17, 15) is 9.59 Å². The van der Waals surface area contributed by atoms with E-state index in [4.69, 9.17) is 5.73 Å². The predicted octanol–water partition coefficient (Wildman–Crippen LogP) is -0.994. The summed E-state index contributed by atoms with van der Waals surface area (Å²) in [6.07, 6.45) is 1.33. The lowest BCUT2D eigenvalue weighted by molar-refractivity contribution is -0.132. The van der Waals surface area contributed by atoms with Gasteiger partial charge in [0.1, 0.15) is 0 Å². The summed E-state index contributed by atoms with van der Waals surface area (Å²) in [6.45, 7) is 7.55. The third kappa shape index (κ3) is 3.45. The standard InChI is InChI=1S/C13H24N4O2/c1-13(12(14)19)3-7-16(10-13)6-2-11(18)17-8-4-15-5-9-17/h15H,2-10H2,1H3,(H2,14,19). The highest BCUT2D eigenvalue weighted by Crippen LogP contribution is 2.29. The third-order valence-corrected chi connectivity index (χ3v) is 4.26. The molecule has 0 bridgehead atoms.